The van der Waals surface area contributed by atoms with Crippen molar-refractivity contribution in [3.8, 4) is 0 Å². The van der Waals surface area contributed by atoms with E-state index in [0.29, 0.717) is 25.1 Å². The first-order chi connectivity index (χ1) is 13.9. The molecule has 0 unspecified atom stereocenters. The van der Waals surface area contributed by atoms with Crippen molar-refractivity contribution in [2.45, 2.75) is 46.2 Å². The summed E-state index contributed by atoms with van der Waals surface area (Å²) in [6, 6.07) is 6.17. The van der Waals surface area contributed by atoms with Crippen LogP contribution < -0.4 is 4.90 Å². The summed E-state index contributed by atoms with van der Waals surface area (Å²) < 4.78 is 0. The van der Waals surface area contributed by atoms with Gasteiger partial charge in [0, 0.05) is 36.1 Å². The van der Waals surface area contributed by atoms with E-state index in [1.54, 1.807) is 0 Å². The zero-order valence-corrected chi connectivity index (χ0v) is 17.5. The number of nitrogens with zero attached hydrogens (tertiary/aromatic N) is 3. The molecule has 5 heteroatoms. The predicted molar refractivity (Wildman–Crippen MR) is 117 cm³/mol. The van der Waals surface area contributed by atoms with Gasteiger partial charge in [-0.25, -0.2) is 0 Å². The number of fused-ring (bicyclic) bond motifs is 1. The highest BCUT2D eigenvalue weighted by molar-refractivity contribution is 6.21. The molecule has 0 saturated heterocycles. The number of anilines is 1. The van der Waals surface area contributed by atoms with Crippen molar-refractivity contribution in [1.82, 2.24) is 4.90 Å². The highest BCUT2D eigenvalue weighted by Crippen LogP contribution is 2.35. The topological polar surface area (TPSA) is 53.0 Å². The summed E-state index contributed by atoms with van der Waals surface area (Å²) in [6.45, 7) is 9.39. The molecule has 4 rings (SSSR count). The van der Waals surface area contributed by atoms with Crippen LogP contribution in [0.2, 0.25) is 0 Å². The van der Waals surface area contributed by atoms with Crippen molar-refractivity contribution in [2.24, 2.45) is 4.99 Å². The molecule has 0 aliphatic carbocycles. The van der Waals surface area contributed by atoms with Crippen molar-refractivity contribution in [3.05, 3.63) is 58.7 Å². The minimum absolute atomic E-state index is 0.0334. The molecule has 1 aromatic carbocycles. The molecular formula is C24H27N3O2. The third-order valence-electron chi connectivity index (χ3n) is 5.66. The molecule has 5 nitrogen and oxygen atoms in total. The van der Waals surface area contributed by atoms with Crippen LogP contribution in [0.25, 0.3) is 5.57 Å². The molecule has 3 aliphatic rings. The molecule has 0 radical (unpaired) electrons. The molecule has 29 heavy (non-hydrogen) atoms. The molecule has 0 fully saturated rings. The third kappa shape index (κ3) is 3.46. The maximum absolute atomic E-state index is 13.2. The zero-order chi connectivity index (χ0) is 20.7. The number of benzene rings is 1. The van der Waals surface area contributed by atoms with E-state index in [0.717, 1.165) is 28.0 Å². The van der Waals surface area contributed by atoms with E-state index in [4.69, 9.17) is 0 Å². The standard InChI is InChI=1S/C24H27N3O2/c1-15(2)26-14-20(18-6-5-9-25-13-18)11-21(24(26)29)17-7-8-22-19(10-17)12-23(28)27(22)16(3)4/h5-8,10-11,13,15-16H,9,12,14H2,1-4H3. The third-order valence-corrected chi connectivity index (χ3v) is 5.66. The predicted octanol–water partition coefficient (Wildman–Crippen LogP) is 3.56. The van der Waals surface area contributed by atoms with Crippen LogP contribution in [0.1, 0.15) is 38.8 Å². The second-order valence-corrected chi connectivity index (χ2v) is 8.34. The maximum atomic E-state index is 13.2. The first kappa shape index (κ1) is 19.4. The minimum Gasteiger partial charge on any atom is -0.332 e. The average molecular weight is 389 g/mol. The number of aliphatic imine (C=N–C) groups is 1. The van der Waals surface area contributed by atoms with E-state index in [2.05, 4.69) is 11.1 Å². The number of hydrogen-bond acceptors (Lipinski definition) is 3. The van der Waals surface area contributed by atoms with Crippen molar-refractivity contribution in [3.63, 3.8) is 0 Å². The summed E-state index contributed by atoms with van der Waals surface area (Å²) >= 11 is 0. The van der Waals surface area contributed by atoms with Crippen LogP contribution in [-0.4, -0.2) is 48.1 Å². The number of amides is 2. The van der Waals surface area contributed by atoms with E-state index in [9.17, 15) is 9.59 Å². The quantitative estimate of drug-likeness (QED) is 0.794. The molecule has 2 amide bonds. The maximum Gasteiger partial charge on any atom is 0.255 e. The van der Waals surface area contributed by atoms with Gasteiger partial charge in [0.15, 0.2) is 0 Å². The molecule has 150 valence electrons. The lowest BCUT2D eigenvalue weighted by Gasteiger charge is -2.33. The lowest BCUT2D eigenvalue weighted by atomic mass is 9.92. The fraction of sp³-hybridized carbons (Fsp3) is 0.375. The Morgan fingerprint density at radius 2 is 1.86 bits per heavy atom. The molecule has 0 spiro atoms. The second-order valence-electron chi connectivity index (χ2n) is 8.34. The van der Waals surface area contributed by atoms with Crippen LogP contribution in [0.5, 0.6) is 0 Å². The van der Waals surface area contributed by atoms with Gasteiger partial charge in [-0.2, -0.15) is 0 Å². The Labute approximate surface area is 172 Å². The smallest absolute Gasteiger partial charge is 0.255 e. The molecule has 3 aliphatic heterocycles. The number of hydrogen-bond donors (Lipinski definition) is 0. The fourth-order valence-electron chi connectivity index (χ4n) is 4.19. The van der Waals surface area contributed by atoms with E-state index in [1.165, 1.54) is 0 Å². The molecule has 3 heterocycles. The number of carbonyl (C=O) groups excluding carboxylic acids is 2. The van der Waals surface area contributed by atoms with Crippen molar-refractivity contribution in [2.75, 3.05) is 18.0 Å². The first-order valence-electron chi connectivity index (χ1n) is 10.2. The molecule has 0 N–H and O–H groups in total. The van der Waals surface area contributed by atoms with Gasteiger partial charge in [-0.1, -0.05) is 18.2 Å². The van der Waals surface area contributed by atoms with Gasteiger partial charge in [0.2, 0.25) is 5.91 Å². The fourth-order valence-corrected chi connectivity index (χ4v) is 4.19. The monoisotopic (exact) mass is 389 g/mol. The van der Waals surface area contributed by atoms with Gasteiger partial charge in [-0.3, -0.25) is 14.6 Å². The van der Waals surface area contributed by atoms with Crippen LogP contribution >= 0.6 is 0 Å². The molecule has 1 aromatic rings. The van der Waals surface area contributed by atoms with Gasteiger partial charge in [0.1, 0.15) is 0 Å². The largest absolute Gasteiger partial charge is 0.332 e. The highest BCUT2D eigenvalue weighted by atomic mass is 16.2. The van der Waals surface area contributed by atoms with E-state index < -0.39 is 0 Å². The summed E-state index contributed by atoms with van der Waals surface area (Å²) in [6.07, 6.45) is 8.39. The van der Waals surface area contributed by atoms with Gasteiger partial charge >= 0.3 is 0 Å². The van der Waals surface area contributed by atoms with Crippen molar-refractivity contribution < 1.29 is 9.59 Å². The summed E-state index contributed by atoms with van der Waals surface area (Å²) in [5, 5.41) is 0. The number of rotatable bonds is 3. The van der Waals surface area contributed by atoms with Gasteiger partial charge in [0.05, 0.1) is 13.0 Å². The second kappa shape index (κ2) is 7.47. The molecular weight excluding hydrogens is 362 g/mol. The van der Waals surface area contributed by atoms with Crippen LogP contribution in [-0.2, 0) is 16.0 Å². The summed E-state index contributed by atoms with van der Waals surface area (Å²) in [5.74, 6) is 0.150. The lowest BCUT2D eigenvalue weighted by Crippen LogP contribution is -2.41. The van der Waals surface area contributed by atoms with Gasteiger partial charge < -0.3 is 9.80 Å². The molecule has 0 aromatic heterocycles. The summed E-state index contributed by atoms with van der Waals surface area (Å²) in [4.78, 5) is 33.8. The van der Waals surface area contributed by atoms with Gasteiger partial charge in [-0.15, -0.1) is 0 Å². The van der Waals surface area contributed by atoms with E-state index in [1.807, 2.05) is 74.1 Å². The zero-order valence-electron chi connectivity index (χ0n) is 17.5. The Balaban J connectivity index is 1.79. The number of dihydropyridines is 1. The Kier molecular flexibility index (Phi) is 4.99. The van der Waals surface area contributed by atoms with Crippen LogP contribution in [0, 0.1) is 0 Å². The van der Waals surface area contributed by atoms with E-state index in [-0.39, 0.29) is 23.9 Å². The molecule has 0 bridgehead atoms. The van der Waals surface area contributed by atoms with E-state index >= 15 is 0 Å². The summed E-state index contributed by atoms with van der Waals surface area (Å²) in [7, 11) is 0. The van der Waals surface area contributed by atoms with Gasteiger partial charge in [-0.05, 0) is 68.2 Å². The van der Waals surface area contributed by atoms with Gasteiger partial charge in [0.25, 0.3) is 5.91 Å². The van der Waals surface area contributed by atoms with Crippen molar-refractivity contribution in [1.29, 1.82) is 0 Å². The Morgan fingerprint density at radius 3 is 2.52 bits per heavy atom. The Hall–Kier alpha value is -2.95. The van der Waals surface area contributed by atoms with Crippen LogP contribution in [0.4, 0.5) is 5.69 Å². The SMILES string of the molecule is CC(C)N1CC(=C2C=CCN=C2)C=C(c2ccc3c(c2)CC(=O)N3C(C)C)C1=O. The lowest BCUT2D eigenvalue weighted by molar-refractivity contribution is -0.126. The minimum atomic E-state index is 0.0334. The number of carbonyl (C=O) groups is 2. The molecule has 0 saturated carbocycles. The van der Waals surface area contributed by atoms with Crippen LogP contribution in [0.15, 0.2) is 52.6 Å². The summed E-state index contributed by atoms with van der Waals surface area (Å²) in [5.41, 5.74) is 5.64. The average Bonchev–Trinajstić information content (AvgIpc) is 3.03. The number of allylic oxidation sites excluding steroid dienone is 2. The highest BCUT2D eigenvalue weighted by Gasteiger charge is 2.32. The van der Waals surface area contributed by atoms with Crippen LogP contribution in [0.3, 0.4) is 0 Å². The van der Waals surface area contributed by atoms with Crippen molar-refractivity contribution >= 4 is 29.3 Å². The Bertz CT molecular complexity index is 981. The molecule has 0 atom stereocenters. The first-order valence-corrected chi connectivity index (χ1v) is 10.2. The Morgan fingerprint density at radius 1 is 1.07 bits per heavy atom. The normalized spacial score (nSPS) is 21.5.